The molecule has 0 spiro atoms. The summed E-state index contributed by atoms with van der Waals surface area (Å²) in [6, 6.07) is 5.14. The summed E-state index contributed by atoms with van der Waals surface area (Å²) in [4.78, 5) is 15.0. The molecule has 70 valence electrons. The molecule has 1 aromatic rings. The number of para-hydroxylation sites is 1. The largest absolute Gasteiger partial charge is 0.462 e. The van der Waals surface area contributed by atoms with Crippen molar-refractivity contribution in [2.24, 2.45) is 4.99 Å². The number of fused-ring (bicyclic) bond motifs is 1. The number of aliphatic imine (C=N–C) groups is 1. The second kappa shape index (κ2) is 3.64. The number of nitrogens with zero attached hydrogens (tertiary/aromatic N) is 1. The smallest absolute Gasteiger partial charge is 0.256 e. The van der Waals surface area contributed by atoms with Crippen molar-refractivity contribution in [3.63, 3.8) is 0 Å². The summed E-state index contributed by atoms with van der Waals surface area (Å²) in [6.45, 7) is 0. The minimum atomic E-state index is -0.537. The molecule has 1 heterocycles. The average Bonchev–Trinajstić information content (AvgIpc) is 2.41. The highest BCUT2D eigenvalue weighted by Crippen LogP contribution is 2.25. The first-order chi connectivity index (χ1) is 6.79. The van der Waals surface area contributed by atoms with Crippen molar-refractivity contribution in [3.8, 4) is 5.75 Å². The van der Waals surface area contributed by atoms with E-state index in [1.807, 2.05) is 0 Å². The second-order valence-corrected chi connectivity index (χ2v) is 3.02. The first kappa shape index (κ1) is 8.97. The third kappa shape index (κ3) is 1.54. The number of hydrogen-bond acceptors (Lipinski definition) is 3. The Morgan fingerprint density at radius 3 is 3.07 bits per heavy atom. The Labute approximate surface area is 85.7 Å². The van der Waals surface area contributed by atoms with Gasteiger partial charge in [0.15, 0.2) is 0 Å². The number of benzene rings is 1. The molecule has 1 aromatic carbocycles. The quantitative estimate of drug-likeness (QED) is 0.663. The van der Waals surface area contributed by atoms with E-state index in [1.54, 1.807) is 24.4 Å². The molecule has 0 aromatic heterocycles. The van der Waals surface area contributed by atoms with Gasteiger partial charge >= 0.3 is 0 Å². The normalized spacial score (nSPS) is 12.9. The van der Waals surface area contributed by atoms with E-state index in [0.717, 1.165) is 5.56 Å². The van der Waals surface area contributed by atoms with Gasteiger partial charge in [-0.15, -0.1) is 0 Å². The van der Waals surface area contributed by atoms with Crippen molar-refractivity contribution in [1.82, 2.24) is 0 Å². The van der Waals surface area contributed by atoms with Gasteiger partial charge in [-0.3, -0.25) is 9.79 Å². The van der Waals surface area contributed by atoms with Gasteiger partial charge in [-0.05, 0) is 23.7 Å². The van der Waals surface area contributed by atoms with E-state index >= 15 is 0 Å². The summed E-state index contributed by atoms with van der Waals surface area (Å²) >= 11 is 5.41. The molecule has 4 heteroatoms. The maximum Gasteiger partial charge on any atom is 0.256 e. The summed E-state index contributed by atoms with van der Waals surface area (Å²) in [6.07, 6.45) is 4.52. The first-order valence-electron chi connectivity index (χ1n) is 3.97. The molecule has 0 unspecified atom stereocenters. The predicted molar refractivity (Wildman–Crippen MR) is 54.0 cm³/mol. The molecule has 0 aliphatic carbocycles. The summed E-state index contributed by atoms with van der Waals surface area (Å²) in [5.41, 5.74) is 1.09. The highest BCUT2D eigenvalue weighted by Gasteiger charge is 2.13. The fourth-order valence-electron chi connectivity index (χ4n) is 1.20. The average molecular weight is 208 g/mol. The number of ether oxygens (including phenoxy) is 1. The second-order valence-electron chi connectivity index (χ2n) is 2.68. The van der Waals surface area contributed by atoms with Crippen LogP contribution in [0.15, 0.2) is 35.7 Å². The lowest BCUT2D eigenvalue weighted by molar-refractivity contribution is 0.107. The third-order valence-corrected chi connectivity index (χ3v) is 2.01. The minimum Gasteiger partial charge on any atom is -0.462 e. The molecular formula is C10H6ClNO2. The molecule has 0 saturated carbocycles. The Balaban J connectivity index is 2.61. The molecule has 0 bridgehead atoms. The Hall–Kier alpha value is -1.61. The lowest BCUT2D eigenvalue weighted by Crippen LogP contribution is -1.97. The Morgan fingerprint density at radius 2 is 2.29 bits per heavy atom. The van der Waals surface area contributed by atoms with Gasteiger partial charge < -0.3 is 4.74 Å². The molecule has 1 aliphatic heterocycles. The Morgan fingerprint density at radius 1 is 1.43 bits per heavy atom. The van der Waals surface area contributed by atoms with Crippen LogP contribution in [-0.4, -0.2) is 11.5 Å². The van der Waals surface area contributed by atoms with Gasteiger partial charge in [-0.2, -0.15) is 0 Å². The fourth-order valence-corrected chi connectivity index (χ4v) is 1.35. The van der Waals surface area contributed by atoms with Crippen LogP contribution in [0.3, 0.4) is 0 Å². The van der Waals surface area contributed by atoms with Gasteiger partial charge in [0.05, 0.1) is 11.8 Å². The minimum absolute atomic E-state index is 0.349. The summed E-state index contributed by atoms with van der Waals surface area (Å²) in [5, 5.41) is -0.537. The molecule has 1 aliphatic rings. The molecule has 0 radical (unpaired) electrons. The van der Waals surface area contributed by atoms with Crippen molar-refractivity contribution >= 4 is 23.1 Å². The summed E-state index contributed by atoms with van der Waals surface area (Å²) < 4.78 is 5.23. The Bertz CT molecular complexity index is 438. The van der Waals surface area contributed by atoms with Crippen molar-refractivity contribution in [1.29, 1.82) is 0 Å². The van der Waals surface area contributed by atoms with Crippen molar-refractivity contribution in [3.05, 3.63) is 41.8 Å². The van der Waals surface area contributed by atoms with Crippen LogP contribution < -0.4 is 4.74 Å². The molecule has 0 fully saturated rings. The van der Waals surface area contributed by atoms with Crippen LogP contribution in [0.2, 0.25) is 0 Å². The van der Waals surface area contributed by atoms with E-state index in [-0.39, 0.29) is 0 Å². The number of carbonyl (C=O) groups is 1. The number of rotatable bonds is 1. The number of carbonyl (C=O) groups excluding carboxylic acids is 1. The first-order valence-corrected chi connectivity index (χ1v) is 4.34. The van der Waals surface area contributed by atoms with Crippen LogP contribution in [-0.2, 0) is 0 Å². The van der Waals surface area contributed by atoms with Crippen LogP contribution in [0.1, 0.15) is 15.9 Å². The Kier molecular flexibility index (Phi) is 2.33. The number of hydrogen-bond donors (Lipinski definition) is 0. The van der Waals surface area contributed by atoms with Gasteiger partial charge in [0.1, 0.15) is 12.0 Å². The monoisotopic (exact) mass is 207 g/mol. The van der Waals surface area contributed by atoms with Crippen molar-refractivity contribution < 1.29 is 9.53 Å². The molecule has 0 N–H and O–H groups in total. The van der Waals surface area contributed by atoms with Gasteiger partial charge in [0.2, 0.25) is 0 Å². The zero-order valence-corrected chi connectivity index (χ0v) is 7.86. The van der Waals surface area contributed by atoms with Crippen LogP contribution >= 0.6 is 11.6 Å². The van der Waals surface area contributed by atoms with Gasteiger partial charge in [0.25, 0.3) is 5.24 Å². The van der Waals surface area contributed by atoms with Crippen LogP contribution in [0.25, 0.3) is 0 Å². The highest BCUT2D eigenvalue weighted by atomic mass is 35.5. The van der Waals surface area contributed by atoms with E-state index in [4.69, 9.17) is 16.3 Å². The van der Waals surface area contributed by atoms with Gasteiger partial charge in [-0.1, -0.05) is 6.07 Å². The maximum absolute atomic E-state index is 11.0. The van der Waals surface area contributed by atoms with E-state index in [9.17, 15) is 4.79 Å². The van der Waals surface area contributed by atoms with Crippen molar-refractivity contribution in [2.45, 2.75) is 0 Å². The molecule has 0 amide bonds. The molecule has 14 heavy (non-hydrogen) atoms. The third-order valence-electron chi connectivity index (χ3n) is 1.80. The highest BCUT2D eigenvalue weighted by molar-refractivity contribution is 6.68. The van der Waals surface area contributed by atoms with Gasteiger partial charge in [-0.25, -0.2) is 0 Å². The van der Waals surface area contributed by atoms with E-state index < -0.39 is 5.24 Å². The standard InChI is InChI=1S/C10H6ClNO2/c11-10(13)8-3-1-2-7-6-12-4-5-14-9(7)8/h1-6H. The lowest BCUT2D eigenvalue weighted by Gasteiger charge is -2.06. The molecule has 0 atom stereocenters. The fraction of sp³-hybridized carbons (Fsp3) is 0. The van der Waals surface area contributed by atoms with Crippen LogP contribution in [0.5, 0.6) is 5.75 Å². The molecule has 3 nitrogen and oxygen atoms in total. The van der Waals surface area contributed by atoms with E-state index in [0.29, 0.717) is 11.3 Å². The zero-order valence-electron chi connectivity index (χ0n) is 7.11. The maximum atomic E-state index is 11.0. The predicted octanol–water partition coefficient (Wildman–Crippen LogP) is 2.35. The molecular weight excluding hydrogens is 202 g/mol. The van der Waals surface area contributed by atoms with Crippen molar-refractivity contribution in [2.75, 3.05) is 0 Å². The van der Waals surface area contributed by atoms with E-state index in [2.05, 4.69) is 4.99 Å². The summed E-state index contributed by atoms with van der Waals surface area (Å²) in [5.74, 6) is 0.449. The zero-order chi connectivity index (χ0) is 9.97. The van der Waals surface area contributed by atoms with Crippen LogP contribution in [0.4, 0.5) is 0 Å². The summed E-state index contributed by atoms with van der Waals surface area (Å²) in [7, 11) is 0. The molecule has 2 rings (SSSR count). The van der Waals surface area contributed by atoms with Gasteiger partial charge in [0, 0.05) is 11.8 Å². The lowest BCUT2D eigenvalue weighted by atomic mass is 10.1. The van der Waals surface area contributed by atoms with Crippen LogP contribution in [0, 0.1) is 0 Å². The van der Waals surface area contributed by atoms with E-state index in [1.165, 1.54) is 12.5 Å². The SMILES string of the molecule is O=C(Cl)c1cccc2c1OC=CN=C2. The number of halogens is 1. The molecule has 0 saturated heterocycles. The topological polar surface area (TPSA) is 38.7 Å².